The Morgan fingerprint density at radius 1 is 1.28 bits per heavy atom. The molecule has 1 unspecified atom stereocenters. The van der Waals surface area contributed by atoms with Crippen LogP contribution in [-0.2, 0) is 20.9 Å². The topological polar surface area (TPSA) is 94.7 Å². The number of hydrogen-bond acceptors (Lipinski definition) is 5. The van der Waals surface area contributed by atoms with Gasteiger partial charge in [-0.25, -0.2) is 0 Å². The van der Waals surface area contributed by atoms with Crippen molar-refractivity contribution < 1.29 is 14.3 Å². The van der Waals surface area contributed by atoms with Crippen molar-refractivity contribution in [3.05, 3.63) is 34.2 Å². The third-order valence-electron chi connectivity index (χ3n) is 4.66. The highest BCUT2D eigenvalue weighted by Crippen LogP contribution is 2.18. The van der Waals surface area contributed by atoms with Crippen LogP contribution in [0.15, 0.2) is 23.1 Å². The van der Waals surface area contributed by atoms with Crippen LogP contribution in [0.4, 0.5) is 0 Å². The first-order valence-electron chi connectivity index (χ1n) is 8.65. The fourth-order valence-corrected chi connectivity index (χ4v) is 3.17. The third-order valence-corrected chi connectivity index (χ3v) is 4.66. The van der Waals surface area contributed by atoms with Gasteiger partial charge in [0.05, 0.1) is 25.7 Å². The highest BCUT2D eigenvalue weighted by atomic mass is 16.5. The number of H-pyrrole nitrogens is 1. The van der Waals surface area contributed by atoms with Gasteiger partial charge >= 0.3 is 0 Å². The summed E-state index contributed by atoms with van der Waals surface area (Å²) >= 11 is 0. The summed E-state index contributed by atoms with van der Waals surface area (Å²) in [5.74, 6) is -0.443. The average molecular weight is 348 g/mol. The molecule has 8 heteroatoms. The standard InChI is InChI=1S/C17H24N4O4/c22-15-1-2-18-14(10-15)11-19-17(24)13-9-16(23)21(12-13)4-3-20-5-7-25-8-6-20/h1-2,10,13H,3-9,11-12H2,(H,18,22)(H,19,24). The number of carbonyl (C=O) groups is 2. The van der Waals surface area contributed by atoms with E-state index in [1.54, 1.807) is 11.1 Å². The highest BCUT2D eigenvalue weighted by Gasteiger charge is 2.34. The second kappa shape index (κ2) is 8.26. The number of aromatic nitrogens is 1. The van der Waals surface area contributed by atoms with Gasteiger partial charge < -0.3 is 19.9 Å². The lowest BCUT2D eigenvalue weighted by Gasteiger charge is -2.28. The number of nitrogens with zero attached hydrogens (tertiary/aromatic N) is 2. The molecule has 1 atom stereocenters. The molecule has 0 spiro atoms. The first kappa shape index (κ1) is 17.6. The van der Waals surface area contributed by atoms with Crippen molar-refractivity contribution >= 4 is 11.8 Å². The Hall–Kier alpha value is -2.19. The second-order valence-electron chi connectivity index (χ2n) is 6.46. The maximum absolute atomic E-state index is 12.3. The molecular weight excluding hydrogens is 324 g/mol. The molecule has 2 N–H and O–H groups in total. The van der Waals surface area contributed by atoms with E-state index in [1.807, 2.05) is 0 Å². The Labute approximate surface area is 146 Å². The number of carbonyl (C=O) groups excluding carboxylic acids is 2. The molecule has 2 aliphatic heterocycles. The summed E-state index contributed by atoms with van der Waals surface area (Å²) in [7, 11) is 0. The van der Waals surface area contributed by atoms with Gasteiger partial charge in [-0.3, -0.25) is 19.3 Å². The summed E-state index contributed by atoms with van der Waals surface area (Å²) in [5.41, 5.74) is 0.544. The smallest absolute Gasteiger partial charge is 0.225 e. The number of morpholine rings is 1. The number of rotatable bonds is 6. The van der Waals surface area contributed by atoms with Crippen molar-refractivity contribution in [3.63, 3.8) is 0 Å². The minimum atomic E-state index is -0.326. The molecule has 1 aromatic heterocycles. The molecule has 136 valence electrons. The molecule has 2 fully saturated rings. The van der Waals surface area contributed by atoms with Crippen LogP contribution in [0, 0.1) is 5.92 Å². The van der Waals surface area contributed by atoms with E-state index in [0.717, 1.165) is 32.8 Å². The van der Waals surface area contributed by atoms with Crippen LogP contribution >= 0.6 is 0 Å². The number of hydrogen-bond donors (Lipinski definition) is 2. The van der Waals surface area contributed by atoms with Crippen LogP contribution in [0.2, 0.25) is 0 Å². The van der Waals surface area contributed by atoms with Crippen LogP contribution < -0.4 is 10.7 Å². The third kappa shape index (κ3) is 4.90. The van der Waals surface area contributed by atoms with Crippen molar-refractivity contribution in [3.8, 4) is 0 Å². The molecule has 8 nitrogen and oxygen atoms in total. The SMILES string of the molecule is O=C(NCc1cc(=O)cc[nH]1)C1CC(=O)N(CCN2CCOCC2)C1. The zero-order valence-corrected chi connectivity index (χ0v) is 14.2. The van der Waals surface area contributed by atoms with E-state index < -0.39 is 0 Å². The predicted molar refractivity (Wildman–Crippen MR) is 90.9 cm³/mol. The Morgan fingerprint density at radius 2 is 2.08 bits per heavy atom. The number of aromatic amines is 1. The van der Waals surface area contributed by atoms with E-state index in [1.165, 1.54) is 12.1 Å². The van der Waals surface area contributed by atoms with Crippen LogP contribution in [0.3, 0.4) is 0 Å². The van der Waals surface area contributed by atoms with Gasteiger partial charge in [-0.15, -0.1) is 0 Å². The first-order chi connectivity index (χ1) is 12.1. The molecule has 25 heavy (non-hydrogen) atoms. The number of pyridine rings is 1. The predicted octanol–water partition coefficient (Wildman–Crippen LogP) is -0.828. The molecule has 0 aliphatic carbocycles. The normalized spacial score (nSPS) is 21.5. The number of amides is 2. The summed E-state index contributed by atoms with van der Waals surface area (Å²) in [4.78, 5) is 42.7. The van der Waals surface area contributed by atoms with Gasteiger partial charge in [0.2, 0.25) is 11.8 Å². The van der Waals surface area contributed by atoms with Crippen LogP contribution in [0.25, 0.3) is 0 Å². The summed E-state index contributed by atoms with van der Waals surface area (Å²) in [6.07, 6.45) is 1.80. The van der Waals surface area contributed by atoms with E-state index in [9.17, 15) is 14.4 Å². The van der Waals surface area contributed by atoms with E-state index in [2.05, 4.69) is 15.2 Å². The number of nitrogens with one attached hydrogen (secondary N) is 2. The molecule has 0 saturated carbocycles. The summed E-state index contributed by atoms with van der Waals surface area (Å²) in [5, 5.41) is 2.80. The monoisotopic (exact) mass is 348 g/mol. The van der Waals surface area contributed by atoms with Crippen molar-refractivity contribution in [1.29, 1.82) is 0 Å². The lowest BCUT2D eigenvalue weighted by molar-refractivity contribution is -0.129. The Balaban J connectivity index is 1.44. The van der Waals surface area contributed by atoms with Gasteiger partial charge in [-0.05, 0) is 0 Å². The Morgan fingerprint density at radius 3 is 2.84 bits per heavy atom. The molecule has 2 aliphatic rings. The summed E-state index contributed by atoms with van der Waals surface area (Å²) in [6, 6.07) is 2.88. The van der Waals surface area contributed by atoms with Crippen LogP contribution in [0.5, 0.6) is 0 Å². The minimum absolute atomic E-state index is 0.0292. The van der Waals surface area contributed by atoms with Crippen molar-refractivity contribution in [1.82, 2.24) is 20.1 Å². The van der Waals surface area contributed by atoms with E-state index in [4.69, 9.17) is 4.74 Å². The van der Waals surface area contributed by atoms with Gasteiger partial charge in [-0.2, -0.15) is 0 Å². The van der Waals surface area contributed by atoms with E-state index in [0.29, 0.717) is 18.8 Å². The highest BCUT2D eigenvalue weighted by molar-refractivity contribution is 5.89. The molecule has 1 aromatic rings. The van der Waals surface area contributed by atoms with E-state index in [-0.39, 0.29) is 36.1 Å². The lowest BCUT2D eigenvalue weighted by Crippen LogP contribution is -2.42. The molecular formula is C17H24N4O4. The average Bonchev–Trinajstić information content (AvgIpc) is 3.00. The van der Waals surface area contributed by atoms with Gasteiger partial charge in [0.1, 0.15) is 0 Å². The molecule has 3 heterocycles. The van der Waals surface area contributed by atoms with Gasteiger partial charge in [0.25, 0.3) is 0 Å². The van der Waals surface area contributed by atoms with Crippen molar-refractivity contribution in [2.24, 2.45) is 5.92 Å². The quantitative estimate of drug-likeness (QED) is 0.700. The zero-order valence-electron chi connectivity index (χ0n) is 14.2. The fourth-order valence-electron chi connectivity index (χ4n) is 3.17. The van der Waals surface area contributed by atoms with Crippen molar-refractivity contribution in [2.75, 3.05) is 45.9 Å². The lowest BCUT2D eigenvalue weighted by atomic mass is 10.1. The first-order valence-corrected chi connectivity index (χ1v) is 8.65. The fraction of sp³-hybridized carbons (Fsp3) is 0.588. The van der Waals surface area contributed by atoms with Gasteiger partial charge in [-0.1, -0.05) is 0 Å². The molecule has 0 aromatic carbocycles. The molecule has 2 amide bonds. The second-order valence-corrected chi connectivity index (χ2v) is 6.46. The minimum Gasteiger partial charge on any atom is -0.379 e. The maximum Gasteiger partial charge on any atom is 0.225 e. The largest absolute Gasteiger partial charge is 0.379 e. The van der Waals surface area contributed by atoms with E-state index >= 15 is 0 Å². The summed E-state index contributed by atoms with van der Waals surface area (Å²) in [6.45, 7) is 5.43. The maximum atomic E-state index is 12.3. The zero-order chi connectivity index (χ0) is 17.6. The Kier molecular flexibility index (Phi) is 5.83. The van der Waals surface area contributed by atoms with Crippen LogP contribution in [-0.4, -0.2) is 72.5 Å². The Bertz CT molecular complexity index is 669. The molecule has 2 saturated heterocycles. The van der Waals surface area contributed by atoms with Crippen molar-refractivity contribution in [2.45, 2.75) is 13.0 Å². The van der Waals surface area contributed by atoms with Crippen LogP contribution in [0.1, 0.15) is 12.1 Å². The molecule has 3 rings (SSSR count). The van der Waals surface area contributed by atoms with Gasteiger partial charge in [0, 0.05) is 63.2 Å². The number of likely N-dealkylation sites (tertiary alicyclic amines) is 1. The summed E-state index contributed by atoms with van der Waals surface area (Å²) < 4.78 is 5.31. The molecule has 0 radical (unpaired) electrons. The number of ether oxygens (including phenoxy) is 1. The van der Waals surface area contributed by atoms with Gasteiger partial charge in [0.15, 0.2) is 5.43 Å². The molecule has 0 bridgehead atoms.